The highest BCUT2D eigenvalue weighted by atomic mass is 32.2. The molecule has 0 bridgehead atoms. The molecule has 182 valence electrons. The van der Waals surface area contributed by atoms with Crippen molar-refractivity contribution in [3.8, 4) is 6.07 Å². The van der Waals surface area contributed by atoms with E-state index in [2.05, 4.69) is 119 Å². The molecule has 0 aliphatic carbocycles. The van der Waals surface area contributed by atoms with Gasteiger partial charge >= 0.3 is 7.12 Å². The molecule has 0 radical (unpaired) electrons. The number of hydrogen-bond donors (Lipinski definition) is 0. The van der Waals surface area contributed by atoms with E-state index in [1.54, 1.807) is 11.8 Å². The quantitative estimate of drug-likeness (QED) is 0.258. The summed E-state index contributed by atoms with van der Waals surface area (Å²) in [7, 11) is -0.439. The number of hydrogen-bond acceptors (Lipinski definition) is 4. The zero-order valence-corrected chi connectivity index (χ0v) is 22.3. The Hall–Kier alpha value is -3.30. The van der Waals surface area contributed by atoms with Gasteiger partial charge in [0.25, 0.3) is 0 Å². The second kappa shape index (κ2) is 8.63. The second-order valence-electron chi connectivity index (χ2n) is 10.8. The molecule has 0 aromatic heterocycles. The van der Waals surface area contributed by atoms with E-state index in [4.69, 9.17) is 9.31 Å². The number of nitriles is 1. The van der Waals surface area contributed by atoms with E-state index in [0.29, 0.717) is 5.56 Å². The van der Waals surface area contributed by atoms with Gasteiger partial charge < -0.3 is 9.31 Å². The molecule has 0 N–H and O–H groups in total. The van der Waals surface area contributed by atoms with Crippen LogP contribution in [-0.2, 0) is 14.7 Å². The van der Waals surface area contributed by atoms with Crippen molar-refractivity contribution in [2.45, 2.75) is 54.1 Å². The predicted octanol–water partition coefficient (Wildman–Crippen LogP) is 6.70. The predicted molar refractivity (Wildman–Crippen MR) is 149 cm³/mol. The number of nitrogens with zero attached hydrogens (tertiary/aromatic N) is 1. The third-order valence-corrected chi connectivity index (χ3v) is 9.20. The summed E-state index contributed by atoms with van der Waals surface area (Å²) in [6.45, 7) is 8.32. The summed E-state index contributed by atoms with van der Waals surface area (Å²) in [4.78, 5) is 2.23. The largest absolute Gasteiger partial charge is 0.494 e. The Morgan fingerprint density at radius 3 is 1.73 bits per heavy atom. The van der Waals surface area contributed by atoms with Crippen LogP contribution < -0.4 is 5.46 Å². The topological polar surface area (TPSA) is 42.2 Å². The van der Waals surface area contributed by atoms with Gasteiger partial charge in [-0.25, -0.2) is 0 Å². The van der Waals surface area contributed by atoms with Gasteiger partial charge in [-0.2, -0.15) is 5.26 Å². The fraction of sp³-hybridized carbons (Fsp3) is 0.219. The summed E-state index contributed by atoms with van der Waals surface area (Å²) < 4.78 is 12.8. The van der Waals surface area contributed by atoms with Crippen molar-refractivity contribution in [1.82, 2.24) is 0 Å². The highest BCUT2D eigenvalue weighted by Gasteiger charge is 2.52. The van der Waals surface area contributed by atoms with Crippen molar-refractivity contribution >= 4 is 24.3 Å². The lowest BCUT2D eigenvalue weighted by molar-refractivity contribution is 0.00578. The van der Waals surface area contributed by atoms with E-state index >= 15 is 0 Å². The van der Waals surface area contributed by atoms with E-state index in [9.17, 15) is 5.26 Å². The maximum atomic E-state index is 9.69. The summed E-state index contributed by atoms with van der Waals surface area (Å²) in [5.74, 6) is 0. The molecule has 2 aliphatic heterocycles. The molecule has 6 rings (SSSR count). The van der Waals surface area contributed by atoms with Gasteiger partial charge in [0.05, 0.1) is 28.2 Å². The fourth-order valence-electron chi connectivity index (χ4n) is 5.47. The summed E-state index contributed by atoms with van der Waals surface area (Å²) in [5.41, 5.74) is 5.10. The van der Waals surface area contributed by atoms with Crippen LogP contribution in [0, 0.1) is 11.3 Å². The SMILES string of the molecule is CC1(C)OB(c2ccc3c(c2)Sc2cc(C#N)ccc2C3(c2ccccc2)c2ccccc2)OC1(C)C. The lowest BCUT2D eigenvalue weighted by Gasteiger charge is -2.42. The standard InChI is InChI=1S/C32H28BNO2S/c1-30(2)31(3,4)36-33(35-30)25-16-18-27-29(20-25)37-28-19-22(21-34)15-17-26(28)32(27,23-11-7-5-8-12-23)24-13-9-6-10-14-24/h5-20H,1-4H3. The number of fused-ring (bicyclic) bond motifs is 2. The molecule has 1 saturated heterocycles. The molecule has 0 atom stereocenters. The van der Waals surface area contributed by atoms with Crippen LogP contribution >= 0.6 is 11.8 Å². The van der Waals surface area contributed by atoms with Crippen LogP contribution in [0.15, 0.2) is 107 Å². The van der Waals surface area contributed by atoms with Gasteiger partial charge in [-0.3, -0.25) is 0 Å². The molecule has 37 heavy (non-hydrogen) atoms. The van der Waals surface area contributed by atoms with Crippen LogP contribution in [0.4, 0.5) is 0 Å². The molecule has 5 heteroatoms. The van der Waals surface area contributed by atoms with Gasteiger partial charge in [0.1, 0.15) is 0 Å². The average molecular weight is 501 g/mol. The highest BCUT2D eigenvalue weighted by molar-refractivity contribution is 7.99. The number of rotatable bonds is 3. The highest BCUT2D eigenvalue weighted by Crippen LogP contribution is 2.55. The van der Waals surface area contributed by atoms with Crippen molar-refractivity contribution in [3.63, 3.8) is 0 Å². The van der Waals surface area contributed by atoms with E-state index in [0.717, 1.165) is 15.3 Å². The summed E-state index contributed by atoms with van der Waals surface area (Å²) >= 11 is 1.71. The zero-order valence-electron chi connectivity index (χ0n) is 21.5. The van der Waals surface area contributed by atoms with Gasteiger partial charge in [-0.15, -0.1) is 0 Å². The van der Waals surface area contributed by atoms with Crippen molar-refractivity contribution in [1.29, 1.82) is 5.26 Å². The third-order valence-electron chi connectivity index (χ3n) is 8.08. The Labute approximate surface area is 223 Å². The van der Waals surface area contributed by atoms with Crippen molar-refractivity contribution in [2.24, 2.45) is 0 Å². The monoisotopic (exact) mass is 501 g/mol. The Morgan fingerprint density at radius 1 is 0.676 bits per heavy atom. The first-order chi connectivity index (χ1) is 17.8. The van der Waals surface area contributed by atoms with Crippen LogP contribution in [0.2, 0.25) is 0 Å². The molecule has 4 aromatic rings. The van der Waals surface area contributed by atoms with Crippen LogP contribution in [0.5, 0.6) is 0 Å². The van der Waals surface area contributed by atoms with Gasteiger partial charge in [-0.1, -0.05) is 90.6 Å². The maximum Gasteiger partial charge on any atom is 0.494 e. The van der Waals surface area contributed by atoms with Crippen LogP contribution in [0.25, 0.3) is 0 Å². The molecular formula is C32H28BNO2S. The number of benzene rings is 4. The lowest BCUT2D eigenvalue weighted by atomic mass is 9.64. The van der Waals surface area contributed by atoms with Crippen LogP contribution in [-0.4, -0.2) is 18.3 Å². The Balaban J connectivity index is 1.62. The summed E-state index contributed by atoms with van der Waals surface area (Å²) in [6, 6.07) is 36.4. The molecule has 3 nitrogen and oxygen atoms in total. The minimum Gasteiger partial charge on any atom is -0.399 e. The summed E-state index contributed by atoms with van der Waals surface area (Å²) in [6.07, 6.45) is 0. The maximum absolute atomic E-state index is 9.69. The fourth-order valence-corrected chi connectivity index (χ4v) is 6.75. The Bertz CT molecular complexity index is 1470. The van der Waals surface area contributed by atoms with Gasteiger partial charge in [-0.05, 0) is 73.6 Å². The average Bonchev–Trinajstić information content (AvgIpc) is 3.14. The minimum absolute atomic E-state index is 0.410. The molecule has 1 fully saturated rings. The van der Waals surface area contributed by atoms with Gasteiger partial charge in [0, 0.05) is 9.79 Å². The molecule has 0 amide bonds. The van der Waals surface area contributed by atoms with Crippen molar-refractivity contribution < 1.29 is 9.31 Å². The molecule has 0 saturated carbocycles. The first-order valence-electron chi connectivity index (χ1n) is 12.6. The normalized spacial score (nSPS) is 18.5. The Morgan fingerprint density at radius 2 is 1.19 bits per heavy atom. The van der Waals surface area contributed by atoms with Crippen LogP contribution in [0.3, 0.4) is 0 Å². The lowest BCUT2D eigenvalue weighted by Crippen LogP contribution is -2.41. The molecular weight excluding hydrogens is 473 g/mol. The minimum atomic E-state index is -0.527. The van der Waals surface area contributed by atoms with Gasteiger partial charge in [0.2, 0.25) is 0 Å². The first kappa shape index (κ1) is 24.1. The van der Waals surface area contributed by atoms with E-state index < -0.39 is 23.7 Å². The molecule has 2 aliphatic rings. The zero-order chi connectivity index (χ0) is 25.8. The van der Waals surface area contributed by atoms with E-state index in [-0.39, 0.29) is 0 Å². The van der Waals surface area contributed by atoms with E-state index in [1.807, 2.05) is 12.1 Å². The smallest absolute Gasteiger partial charge is 0.399 e. The molecule has 0 unspecified atom stereocenters. The van der Waals surface area contributed by atoms with E-state index in [1.165, 1.54) is 22.3 Å². The second-order valence-corrected chi connectivity index (χ2v) is 11.8. The van der Waals surface area contributed by atoms with Crippen molar-refractivity contribution in [2.75, 3.05) is 0 Å². The molecule has 2 heterocycles. The molecule has 0 spiro atoms. The summed E-state index contributed by atoms with van der Waals surface area (Å²) in [5, 5.41) is 9.69. The molecule has 4 aromatic carbocycles. The van der Waals surface area contributed by atoms with Crippen LogP contribution in [0.1, 0.15) is 55.5 Å². The van der Waals surface area contributed by atoms with Crippen molar-refractivity contribution in [3.05, 3.63) is 125 Å². The first-order valence-corrected chi connectivity index (χ1v) is 13.4. The van der Waals surface area contributed by atoms with Gasteiger partial charge in [0.15, 0.2) is 0 Å². The third kappa shape index (κ3) is 3.67. The Kier molecular flexibility index (Phi) is 5.62.